The van der Waals surface area contributed by atoms with E-state index < -0.39 is 0 Å². The maximum Gasteiger partial charge on any atom is 0.258 e. The molecule has 0 radical (unpaired) electrons. The summed E-state index contributed by atoms with van der Waals surface area (Å²) in [4.78, 5) is 24.0. The van der Waals surface area contributed by atoms with Gasteiger partial charge in [0.05, 0.1) is 12.2 Å². The molecule has 1 aromatic carbocycles. The normalized spacial score (nSPS) is 17.6. The minimum atomic E-state index is -0.00354. The third kappa shape index (κ3) is 3.24. The van der Waals surface area contributed by atoms with Crippen LogP contribution in [-0.4, -0.2) is 62.2 Å². The topological polar surface area (TPSA) is 48.9 Å². The Balaban J connectivity index is 1.59. The molecule has 4 rings (SSSR count). The Morgan fingerprint density at radius 2 is 1.88 bits per heavy atom. The number of hydrogen-bond acceptors (Lipinski definition) is 5. The monoisotopic (exact) mass is 352 g/mol. The van der Waals surface area contributed by atoms with Gasteiger partial charge in [0.1, 0.15) is 18.2 Å². The summed E-state index contributed by atoms with van der Waals surface area (Å²) in [5, 5.41) is 0. The number of nitrogens with zero attached hydrogens (tertiary/aromatic N) is 4. The highest BCUT2D eigenvalue weighted by molar-refractivity contribution is 6.07. The van der Waals surface area contributed by atoms with Gasteiger partial charge in [-0.2, -0.15) is 0 Å². The van der Waals surface area contributed by atoms with E-state index in [9.17, 15) is 4.79 Å². The fraction of sp³-hybridized carbons (Fsp3) is 0.400. The molecule has 2 aliphatic heterocycles. The van der Waals surface area contributed by atoms with Gasteiger partial charge in [-0.15, -0.1) is 0 Å². The fourth-order valence-electron chi connectivity index (χ4n) is 3.45. The third-order valence-electron chi connectivity index (χ3n) is 5.04. The first-order valence-electron chi connectivity index (χ1n) is 9.07. The summed E-state index contributed by atoms with van der Waals surface area (Å²) in [6.45, 7) is 6.98. The number of carbonyl (C=O) groups is 1. The van der Waals surface area contributed by atoms with Crippen LogP contribution in [0.1, 0.15) is 15.9 Å². The van der Waals surface area contributed by atoms with Crippen LogP contribution >= 0.6 is 0 Å². The molecule has 0 N–H and O–H groups in total. The van der Waals surface area contributed by atoms with Crippen molar-refractivity contribution in [3.8, 4) is 5.75 Å². The lowest BCUT2D eigenvalue weighted by Gasteiger charge is -2.33. The molecule has 1 aromatic heterocycles. The number of rotatable bonds is 2. The lowest BCUT2D eigenvalue weighted by molar-refractivity contribution is 0.0976. The Morgan fingerprint density at radius 3 is 2.69 bits per heavy atom. The maximum atomic E-state index is 13.2. The van der Waals surface area contributed by atoms with Crippen LogP contribution < -0.4 is 14.5 Å². The molecule has 0 unspecified atom stereocenters. The number of likely N-dealkylation sites (N-methyl/N-ethyl adjacent to an activating group) is 1. The zero-order valence-corrected chi connectivity index (χ0v) is 15.3. The van der Waals surface area contributed by atoms with Crippen molar-refractivity contribution >= 4 is 17.4 Å². The van der Waals surface area contributed by atoms with E-state index in [1.807, 2.05) is 31.2 Å². The van der Waals surface area contributed by atoms with Crippen LogP contribution in [-0.2, 0) is 0 Å². The first-order valence-corrected chi connectivity index (χ1v) is 9.07. The lowest BCUT2D eigenvalue weighted by atomic mass is 10.1. The highest BCUT2D eigenvalue weighted by Crippen LogP contribution is 2.33. The summed E-state index contributed by atoms with van der Waals surface area (Å²) in [5.41, 5.74) is 2.63. The Labute approximate surface area is 154 Å². The number of pyridine rings is 1. The SMILES string of the molecule is Cc1ccc2c(c1)OCCN2C(=O)c1ccnc(N2CCN(C)CC2)c1. The van der Waals surface area contributed by atoms with E-state index in [1.54, 1.807) is 17.2 Å². The Hall–Kier alpha value is -2.60. The van der Waals surface area contributed by atoms with Gasteiger partial charge in [0, 0.05) is 37.9 Å². The minimum absolute atomic E-state index is 0.00354. The van der Waals surface area contributed by atoms with Crippen LogP contribution in [0.4, 0.5) is 11.5 Å². The minimum Gasteiger partial charge on any atom is -0.490 e. The first-order chi connectivity index (χ1) is 12.6. The van der Waals surface area contributed by atoms with Gasteiger partial charge in [0.15, 0.2) is 0 Å². The van der Waals surface area contributed by atoms with E-state index in [-0.39, 0.29) is 5.91 Å². The zero-order chi connectivity index (χ0) is 18.1. The Bertz CT molecular complexity index is 815. The van der Waals surface area contributed by atoms with Crippen molar-refractivity contribution in [1.29, 1.82) is 0 Å². The molecule has 26 heavy (non-hydrogen) atoms. The quantitative estimate of drug-likeness (QED) is 0.829. The molecule has 6 nitrogen and oxygen atoms in total. The third-order valence-corrected chi connectivity index (χ3v) is 5.04. The number of hydrogen-bond donors (Lipinski definition) is 0. The van der Waals surface area contributed by atoms with Gasteiger partial charge in [-0.25, -0.2) is 4.98 Å². The lowest BCUT2D eigenvalue weighted by Crippen LogP contribution is -2.45. The number of aromatic nitrogens is 1. The van der Waals surface area contributed by atoms with Gasteiger partial charge in [-0.05, 0) is 43.8 Å². The summed E-state index contributed by atoms with van der Waals surface area (Å²) in [6, 6.07) is 9.67. The number of benzene rings is 1. The van der Waals surface area contributed by atoms with Crippen LogP contribution in [0.15, 0.2) is 36.5 Å². The van der Waals surface area contributed by atoms with Crippen molar-refractivity contribution in [1.82, 2.24) is 9.88 Å². The summed E-state index contributed by atoms with van der Waals surface area (Å²) in [5.74, 6) is 1.65. The van der Waals surface area contributed by atoms with Crippen molar-refractivity contribution in [3.63, 3.8) is 0 Å². The predicted octanol–water partition coefficient (Wildman–Crippen LogP) is 2.18. The average Bonchev–Trinajstić information content (AvgIpc) is 2.67. The standard InChI is InChI=1S/C20H24N4O2/c1-15-3-4-17-18(13-15)26-12-11-24(17)20(25)16-5-6-21-19(14-16)23-9-7-22(2)8-10-23/h3-6,13-14H,7-12H2,1-2H3. The number of aryl methyl sites for hydroxylation is 1. The van der Waals surface area contributed by atoms with Crippen LogP contribution in [0.2, 0.25) is 0 Å². The summed E-state index contributed by atoms with van der Waals surface area (Å²) < 4.78 is 5.73. The number of anilines is 2. The van der Waals surface area contributed by atoms with Crippen LogP contribution in [0, 0.1) is 6.92 Å². The number of fused-ring (bicyclic) bond motifs is 1. The summed E-state index contributed by atoms with van der Waals surface area (Å²) >= 11 is 0. The number of piperazine rings is 1. The molecule has 1 fully saturated rings. The van der Waals surface area contributed by atoms with E-state index >= 15 is 0 Å². The molecule has 0 spiro atoms. The molecule has 1 saturated heterocycles. The van der Waals surface area contributed by atoms with Crippen LogP contribution in [0.25, 0.3) is 0 Å². The van der Waals surface area contributed by atoms with E-state index in [0.717, 1.165) is 49.0 Å². The maximum absolute atomic E-state index is 13.2. The van der Waals surface area contributed by atoms with Gasteiger partial charge in [0.25, 0.3) is 5.91 Å². The fourth-order valence-corrected chi connectivity index (χ4v) is 3.45. The smallest absolute Gasteiger partial charge is 0.258 e. The van der Waals surface area contributed by atoms with Crippen molar-refractivity contribution < 1.29 is 9.53 Å². The zero-order valence-electron chi connectivity index (χ0n) is 15.3. The molecule has 2 aliphatic rings. The molecular formula is C20H24N4O2. The Morgan fingerprint density at radius 1 is 1.08 bits per heavy atom. The van der Waals surface area contributed by atoms with Crippen molar-refractivity contribution in [3.05, 3.63) is 47.7 Å². The van der Waals surface area contributed by atoms with Crippen LogP contribution in [0.3, 0.4) is 0 Å². The van der Waals surface area contributed by atoms with Crippen molar-refractivity contribution in [2.24, 2.45) is 0 Å². The highest BCUT2D eigenvalue weighted by atomic mass is 16.5. The van der Waals surface area contributed by atoms with Crippen molar-refractivity contribution in [2.45, 2.75) is 6.92 Å². The number of carbonyl (C=O) groups excluding carboxylic acids is 1. The molecule has 6 heteroatoms. The van der Waals surface area contributed by atoms with E-state index in [0.29, 0.717) is 18.7 Å². The summed E-state index contributed by atoms with van der Waals surface area (Å²) in [7, 11) is 2.13. The Kier molecular flexibility index (Phi) is 4.51. The molecular weight excluding hydrogens is 328 g/mol. The van der Waals surface area contributed by atoms with E-state index in [1.165, 1.54) is 0 Å². The second kappa shape index (κ2) is 6.96. The summed E-state index contributed by atoms with van der Waals surface area (Å²) in [6.07, 6.45) is 1.73. The van der Waals surface area contributed by atoms with Gasteiger partial charge in [0.2, 0.25) is 0 Å². The molecule has 0 aliphatic carbocycles. The molecule has 0 atom stereocenters. The van der Waals surface area contributed by atoms with E-state index in [4.69, 9.17) is 4.74 Å². The molecule has 0 saturated carbocycles. The predicted molar refractivity (Wildman–Crippen MR) is 102 cm³/mol. The average molecular weight is 352 g/mol. The van der Waals surface area contributed by atoms with Crippen molar-refractivity contribution in [2.75, 3.05) is 56.2 Å². The molecule has 2 aromatic rings. The molecule has 3 heterocycles. The van der Waals surface area contributed by atoms with Gasteiger partial charge < -0.3 is 19.4 Å². The molecule has 0 bridgehead atoms. The largest absolute Gasteiger partial charge is 0.490 e. The second-order valence-electron chi connectivity index (χ2n) is 6.97. The molecule has 136 valence electrons. The second-order valence-corrected chi connectivity index (χ2v) is 6.97. The number of ether oxygens (including phenoxy) is 1. The molecule has 1 amide bonds. The van der Waals surface area contributed by atoms with Gasteiger partial charge in [-0.3, -0.25) is 4.79 Å². The highest BCUT2D eigenvalue weighted by Gasteiger charge is 2.25. The van der Waals surface area contributed by atoms with Gasteiger partial charge >= 0.3 is 0 Å². The first kappa shape index (κ1) is 16.8. The van der Waals surface area contributed by atoms with E-state index in [2.05, 4.69) is 21.8 Å². The number of amides is 1. The van der Waals surface area contributed by atoms with Gasteiger partial charge in [-0.1, -0.05) is 6.07 Å². The van der Waals surface area contributed by atoms with Crippen LogP contribution in [0.5, 0.6) is 5.75 Å².